The highest BCUT2D eigenvalue weighted by atomic mass is 16.4. The molecule has 1 aromatic heterocycles. The lowest BCUT2D eigenvalue weighted by atomic mass is 10.1. The van der Waals surface area contributed by atoms with Crippen LogP contribution >= 0.6 is 0 Å². The normalized spacial score (nSPS) is 11.9. The van der Waals surface area contributed by atoms with Crippen LogP contribution in [0.1, 0.15) is 28.9 Å². The van der Waals surface area contributed by atoms with Crippen molar-refractivity contribution in [2.45, 2.75) is 19.5 Å². The van der Waals surface area contributed by atoms with Crippen molar-refractivity contribution >= 4 is 11.9 Å². The Morgan fingerprint density at radius 1 is 1.33 bits per heavy atom. The number of rotatable bonds is 5. The standard InChI is InChI=1S/C15H17N3O3/c1-11(18-9-3-8-16-18)14(19)17(2)10-12-4-6-13(7-5-12)15(20)21/h3-9,11H,10H2,1-2H3,(H,20,21). The largest absolute Gasteiger partial charge is 0.478 e. The Hall–Kier alpha value is -2.63. The van der Waals surface area contributed by atoms with Crippen molar-refractivity contribution in [1.29, 1.82) is 0 Å². The Kier molecular flexibility index (Phi) is 4.37. The minimum Gasteiger partial charge on any atom is -0.478 e. The number of carbonyl (C=O) groups is 2. The number of carbonyl (C=O) groups excluding carboxylic acids is 1. The summed E-state index contributed by atoms with van der Waals surface area (Å²) >= 11 is 0. The van der Waals surface area contributed by atoms with Crippen molar-refractivity contribution < 1.29 is 14.7 Å². The van der Waals surface area contributed by atoms with Gasteiger partial charge in [-0.2, -0.15) is 5.10 Å². The van der Waals surface area contributed by atoms with E-state index in [-0.39, 0.29) is 17.5 Å². The van der Waals surface area contributed by atoms with E-state index in [0.717, 1.165) is 5.56 Å². The van der Waals surface area contributed by atoms with E-state index in [1.54, 1.807) is 54.1 Å². The summed E-state index contributed by atoms with van der Waals surface area (Å²) in [5.41, 5.74) is 1.11. The molecule has 1 atom stereocenters. The molecule has 0 fully saturated rings. The molecule has 0 aliphatic carbocycles. The first-order valence-corrected chi connectivity index (χ1v) is 6.55. The zero-order chi connectivity index (χ0) is 15.4. The van der Waals surface area contributed by atoms with Gasteiger partial charge in [0.05, 0.1) is 5.56 Å². The van der Waals surface area contributed by atoms with Gasteiger partial charge in [0.25, 0.3) is 0 Å². The van der Waals surface area contributed by atoms with E-state index < -0.39 is 5.97 Å². The van der Waals surface area contributed by atoms with Gasteiger partial charge < -0.3 is 10.0 Å². The van der Waals surface area contributed by atoms with E-state index >= 15 is 0 Å². The van der Waals surface area contributed by atoms with Gasteiger partial charge in [0.15, 0.2) is 0 Å². The molecule has 6 heteroatoms. The van der Waals surface area contributed by atoms with Gasteiger partial charge in [-0.15, -0.1) is 0 Å². The van der Waals surface area contributed by atoms with Gasteiger partial charge in [0, 0.05) is 26.0 Å². The second kappa shape index (κ2) is 6.21. The number of aromatic carboxylic acids is 1. The molecule has 6 nitrogen and oxygen atoms in total. The zero-order valence-electron chi connectivity index (χ0n) is 11.9. The van der Waals surface area contributed by atoms with Crippen molar-refractivity contribution in [3.05, 3.63) is 53.9 Å². The summed E-state index contributed by atoms with van der Waals surface area (Å²) < 4.78 is 1.60. The van der Waals surface area contributed by atoms with Crippen LogP contribution in [0, 0.1) is 0 Å². The van der Waals surface area contributed by atoms with Gasteiger partial charge >= 0.3 is 5.97 Å². The molecule has 0 bridgehead atoms. The summed E-state index contributed by atoms with van der Waals surface area (Å²) in [5, 5.41) is 12.9. The maximum absolute atomic E-state index is 12.3. The maximum atomic E-state index is 12.3. The highest BCUT2D eigenvalue weighted by molar-refractivity contribution is 5.87. The average molecular weight is 287 g/mol. The number of hydrogen-bond acceptors (Lipinski definition) is 3. The Bertz CT molecular complexity index is 620. The average Bonchev–Trinajstić information content (AvgIpc) is 3.00. The molecule has 1 amide bonds. The van der Waals surface area contributed by atoms with E-state index in [2.05, 4.69) is 5.10 Å². The third-order valence-electron chi connectivity index (χ3n) is 3.28. The summed E-state index contributed by atoms with van der Waals surface area (Å²) in [4.78, 5) is 24.7. The topological polar surface area (TPSA) is 75.4 Å². The van der Waals surface area contributed by atoms with Gasteiger partial charge in [-0.05, 0) is 30.7 Å². The van der Waals surface area contributed by atoms with Crippen LogP contribution in [0.25, 0.3) is 0 Å². The molecule has 0 aliphatic heterocycles. The van der Waals surface area contributed by atoms with Crippen molar-refractivity contribution in [3.63, 3.8) is 0 Å². The fourth-order valence-corrected chi connectivity index (χ4v) is 2.05. The minimum atomic E-state index is -0.960. The summed E-state index contributed by atoms with van der Waals surface area (Å²) in [5.74, 6) is -1.01. The SMILES string of the molecule is CC(C(=O)N(C)Cc1ccc(C(=O)O)cc1)n1cccn1. The molecule has 2 rings (SSSR count). The summed E-state index contributed by atoms with van der Waals surface area (Å²) in [6, 6.07) is 7.90. The molecular weight excluding hydrogens is 270 g/mol. The van der Waals surface area contributed by atoms with Crippen molar-refractivity contribution in [2.24, 2.45) is 0 Å². The van der Waals surface area contributed by atoms with E-state index in [9.17, 15) is 9.59 Å². The second-order valence-corrected chi connectivity index (χ2v) is 4.86. The van der Waals surface area contributed by atoms with Crippen molar-refractivity contribution in [1.82, 2.24) is 14.7 Å². The predicted octanol–water partition coefficient (Wildman–Crippen LogP) is 1.80. The monoisotopic (exact) mass is 287 g/mol. The molecule has 0 saturated carbocycles. The van der Waals surface area contributed by atoms with Crippen LogP contribution in [0.2, 0.25) is 0 Å². The minimum absolute atomic E-state index is 0.0546. The molecule has 0 aliphatic rings. The third kappa shape index (κ3) is 3.47. The number of carboxylic acid groups (broad SMARTS) is 1. The Balaban J connectivity index is 2.02. The first-order valence-electron chi connectivity index (χ1n) is 6.55. The number of nitrogens with zero attached hydrogens (tertiary/aromatic N) is 3. The van der Waals surface area contributed by atoms with Gasteiger partial charge in [-0.25, -0.2) is 4.79 Å². The first-order chi connectivity index (χ1) is 9.99. The van der Waals surface area contributed by atoms with Crippen LogP contribution in [-0.4, -0.2) is 38.7 Å². The molecule has 0 radical (unpaired) electrons. The van der Waals surface area contributed by atoms with Crippen molar-refractivity contribution in [2.75, 3.05) is 7.05 Å². The van der Waals surface area contributed by atoms with E-state index in [1.807, 2.05) is 0 Å². The molecule has 0 saturated heterocycles. The van der Waals surface area contributed by atoms with Gasteiger partial charge in [0.1, 0.15) is 6.04 Å². The molecule has 110 valence electrons. The second-order valence-electron chi connectivity index (χ2n) is 4.86. The van der Waals surface area contributed by atoms with Crippen LogP contribution in [0.15, 0.2) is 42.7 Å². The van der Waals surface area contributed by atoms with E-state index in [1.165, 1.54) is 12.1 Å². The fraction of sp³-hybridized carbons (Fsp3) is 0.267. The lowest BCUT2D eigenvalue weighted by molar-refractivity contribution is -0.133. The first kappa shape index (κ1) is 14.8. The smallest absolute Gasteiger partial charge is 0.335 e. The van der Waals surface area contributed by atoms with Crippen molar-refractivity contribution in [3.8, 4) is 0 Å². The van der Waals surface area contributed by atoms with Crippen LogP contribution in [0.3, 0.4) is 0 Å². The molecule has 1 unspecified atom stereocenters. The summed E-state index contributed by atoms with van der Waals surface area (Å²) in [6.45, 7) is 2.21. The van der Waals surface area contributed by atoms with Gasteiger partial charge in [0.2, 0.25) is 5.91 Å². The number of benzene rings is 1. The highest BCUT2D eigenvalue weighted by Gasteiger charge is 2.19. The molecule has 1 aromatic carbocycles. The molecule has 1 heterocycles. The lowest BCUT2D eigenvalue weighted by Crippen LogP contribution is -2.32. The molecular formula is C15H17N3O3. The Morgan fingerprint density at radius 2 is 2.00 bits per heavy atom. The number of carboxylic acids is 1. The molecule has 21 heavy (non-hydrogen) atoms. The molecule has 0 spiro atoms. The zero-order valence-corrected chi connectivity index (χ0v) is 11.9. The van der Waals surface area contributed by atoms with Crippen LogP contribution in [-0.2, 0) is 11.3 Å². The molecule has 1 N–H and O–H groups in total. The van der Waals surface area contributed by atoms with Crippen LogP contribution in [0.4, 0.5) is 0 Å². The lowest BCUT2D eigenvalue weighted by Gasteiger charge is -2.21. The molecule has 2 aromatic rings. The number of hydrogen-bond donors (Lipinski definition) is 1. The number of likely N-dealkylation sites (N-methyl/N-ethyl adjacent to an activating group) is 1. The van der Waals surface area contributed by atoms with E-state index in [0.29, 0.717) is 6.54 Å². The number of amides is 1. The maximum Gasteiger partial charge on any atom is 0.335 e. The Morgan fingerprint density at radius 3 is 2.52 bits per heavy atom. The summed E-state index contributed by atoms with van der Waals surface area (Å²) in [6.07, 6.45) is 3.38. The van der Waals surface area contributed by atoms with Crippen LogP contribution < -0.4 is 0 Å². The third-order valence-corrected chi connectivity index (χ3v) is 3.28. The summed E-state index contributed by atoms with van der Waals surface area (Å²) in [7, 11) is 1.72. The highest BCUT2D eigenvalue weighted by Crippen LogP contribution is 2.12. The quantitative estimate of drug-likeness (QED) is 0.910. The van der Waals surface area contributed by atoms with E-state index in [4.69, 9.17) is 5.11 Å². The van der Waals surface area contributed by atoms with Crippen LogP contribution in [0.5, 0.6) is 0 Å². The van der Waals surface area contributed by atoms with Gasteiger partial charge in [-0.1, -0.05) is 12.1 Å². The van der Waals surface area contributed by atoms with Gasteiger partial charge in [-0.3, -0.25) is 9.48 Å². The predicted molar refractivity (Wildman–Crippen MR) is 76.8 cm³/mol. The Labute approximate surface area is 122 Å². The fourth-order valence-electron chi connectivity index (χ4n) is 2.05. The number of aromatic nitrogens is 2.